The Morgan fingerprint density at radius 2 is 2.05 bits per heavy atom. The van der Waals surface area contributed by atoms with Crippen molar-refractivity contribution in [1.82, 2.24) is 4.31 Å². The number of nitrogens with zero attached hydrogens (tertiary/aromatic N) is 1. The second-order valence-corrected chi connectivity index (χ2v) is 7.03. The molecule has 0 fully saturated rings. The molecule has 0 saturated carbocycles. The molecule has 9 heteroatoms. The van der Waals surface area contributed by atoms with Gasteiger partial charge in [-0.3, -0.25) is 0 Å². The molecule has 1 unspecified atom stereocenters. The molecule has 1 aromatic carbocycles. The van der Waals surface area contributed by atoms with E-state index in [1.54, 1.807) is 6.92 Å². The van der Waals surface area contributed by atoms with E-state index in [1.165, 1.54) is 7.05 Å². The van der Waals surface area contributed by atoms with E-state index in [9.17, 15) is 12.8 Å². The molecule has 2 N–H and O–H groups in total. The van der Waals surface area contributed by atoms with Gasteiger partial charge in [-0.25, -0.2) is 12.8 Å². The summed E-state index contributed by atoms with van der Waals surface area (Å²) in [5.41, 5.74) is 5.41. The van der Waals surface area contributed by atoms with Crippen molar-refractivity contribution in [3.8, 4) is 0 Å². The Hall–Kier alpha value is 0.0800. The van der Waals surface area contributed by atoms with Crippen LogP contribution < -0.4 is 5.73 Å². The molecule has 0 heterocycles. The van der Waals surface area contributed by atoms with E-state index in [0.29, 0.717) is 4.47 Å². The van der Waals surface area contributed by atoms with E-state index < -0.39 is 26.8 Å². The minimum atomic E-state index is -3.95. The molecule has 0 radical (unpaired) electrons. The maximum absolute atomic E-state index is 13.7. The first-order chi connectivity index (χ1) is 8.21. The van der Waals surface area contributed by atoms with Crippen molar-refractivity contribution in [3.05, 3.63) is 27.4 Å². The number of hydrogen-bond acceptors (Lipinski definition) is 3. The summed E-state index contributed by atoms with van der Waals surface area (Å²) in [7, 11) is -2.60. The van der Waals surface area contributed by atoms with Crippen LogP contribution in [0.5, 0.6) is 0 Å². The summed E-state index contributed by atoms with van der Waals surface area (Å²) in [6.45, 7) is 1.78. The molecular formula is C10H14BrCl2FN2O2S. The highest BCUT2D eigenvalue weighted by molar-refractivity contribution is 9.10. The Bertz CT molecular complexity index is 557. The predicted molar refractivity (Wildman–Crippen MR) is 79.8 cm³/mol. The van der Waals surface area contributed by atoms with Gasteiger partial charge in [-0.2, -0.15) is 4.31 Å². The monoisotopic (exact) mass is 394 g/mol. The van der Waals surface area contributed by atoms with Gasteiger partial charge < -0.3 is 5.73 Å². The fourth-order valence-electron chi connectivity index (χ4n) is 1.24. The predicted octanol–water partition coefficient (Wildman–Crippen LogP) is 2.63. The van der Waals surface area contributed by atoms with Gasteiger partial charge in [-0.1, -0.05) is 11.6 Å². The summed E-state index contributed by atoms with van der Waals surface area (Å²) >= 11 is 8.81. The number of likely N-dealkylation sites (N-methyl/N-ethyl adjacent to an activating group) is 1. The normalized spacial score (nSPS) is 13.2. The first-order valence-electron chi connectivity index (χ1n) is 5.04. The quantitative estimate of drug-likeness (QED) is 0.797. The van der Waals surface area contributed by atoms with Crippen molar-refractivity contribution in [2.45, 2.75) is 17.9 Å². The largest absolute Gasteiger partial charge is 0.329 e. The van der Waals surface area contributed by atoms with Crippen molar-refractivity contribution in [3.63, 3.8) is 0 Å². The summed E-state index contributed by atoms with van der Waals surface area (Å²) in [5.74, 6) is -0.859. The first kappa shape index (κ1) is 19.1. The van der Waals surface area contributed by atoms with Crippen LogP contribution in [0.4, 0.5) is 4.39 Å². The van der Waals surface area contributed by atoms with Gasteiger partial charge in [0.1, 0.15) is 10.7 Å². The van der Waals surface area contributed by atoms with Crippen LogP contribution in [0.15, 0.2) is 21.5 Å². The Labute approximate surface area is 131 Å². The van der Waals surface area contributed by atoms with Crippen molar-refractivity contribution >= 4 is 50.0 Å². The SMILES string of the molecule is CC(CN)N(C)S(=O)(=O)c1cc(Cl)c(Br)cc1F.Cl. The molecule has 1 aromatic rings. The maximum atomic E-state index is 13.7. The summed E-state index contributed by atoms with van der Waals surface area (Å²) < 4.78 is 39.4. The van der Waals surface area contributed by atoms with Gasteiger partial charge in [0.05, 0.1) is 5.02 Å². The second-order valence-electron chi connectivity index (χ2n) is 3.80. The van der Waals surface area contributed by atoms with E-state index in [1.807, 2.05) is 0 Å². The third-order valence-electron chi connectivity index (χ3n) is 2.59. The molecule has 1 rings (SSSR count). The maximum Gasteiger partial charge on any atom is 0.246 e. The molecule has 0 aliphatic heterocycles. The van der Waals surface area contributed by atoms with Gasteiger partial charge in [0, 0.05) is 24.1 Å². The van der Waals surface area contributed by atoms with Crippen molar-refractivity contribution < 1.29 is 12.8 Å². The number of hydrogen-bond donors (Lipinski definition) is 1. The Kier molecular flexibility index (Phi) is 7.22. The number of sulfonamides is 1. The summed E-state index contributed by atoms with van der Waals surface area (Å²) in [6, 6.07) is 1.67. The lowest BCUT2D eigenvalue weighted by Crippen LogP contribution is -2.39. The lowest BCUT2D eigenvalue weighted by molar-refractivity contribution is 0.391. The van der Waals surface area contributed by atoms with Gasteiger partial charge in [0.2, 0.25) is 10.0 Å². The minimum Gasteiger partial charge on any atom is -0.329 e. The highest BCUT2D eigenvalue weighted by Gasteiger charge is 2.28. The van der Waals surface area contributed by atoms with Crippen LogP contribution in [0.1, 0.15) is 6.92 Å². The Morgan fingerprint density at radius 1 is 1.53 bits per heavy atom. The molecule has 0 saturated heterocycles. The summed E-state index contributed by atoms with van der Waals surface area (Å²) in [5, 5.41) is 0.128. The molecule has 19 heavy (non-hydrogen) atoms. The number of benzene rings is 1. The molecular weight excluding hydrogens is 382 g/mol. The molecule has 1 atom stereocenters. The van der Waals surface area contributed by atoms with Crippen LogP contribution in [-0.4, -0.2) is 32.4 Å². The van der Waals surface area contributed by atoms with Gasteiger partial charge in [-0.15, -0.1) is 12.4 Å². The summed E-state index contributed by atoms with van der Waals surface area (Å²) in [6.07, 6.45) is 0. The average molecular weight is 396 g/mol. The highest BCUT2D eigenvalue weighted by Crippen LogP contribution is 2.29. The van der Waals surface area contributed by atoms with E-state index in [0.717, 1.165) is 16.4 Å². The molecule has 0 amide bonds. The third kappa shape index (κ3) is 4.03. The minimum absolute atomic E-state index is 0. The topological polar surface area (TPSA) is 63.4 Å². The molecule has 0 spiro atoms. The highest BCUT2D eigenvalue weighted by atomic mass is 79.9. The zero-order chi connectivity index (χ0) is 14.1. The molecule has 0 bridgehead atoms. The Morgan fingerprint density at radius 3 is 2.53 bits per heavy atom. The molecule has 0 aliphatic carbocycles. The van der Waals surface area contributed by atoms with Gasteiger partial charge in [0.15, 0.2) is 0 Å². The smallest absolute Gasteiger partial charge is 0.246 e. The van der Waals surface area contributed by atoms with Crippen molar-refractivity contribution in [1.29, 1.82) is 0 Å². The first-order valence-corrected chi connectivity index (χ1v) is 7.65. The van der Waals surface area contributed by atoms with Crippen LogP contribution >= 0.6 is 39.9 Å². The van der Waals surface area contributed by atoms with Gasteiger partial charge in [0.25, 0.3) is 0 Å². The average Bonchev–Trinajstić information content (AvgIpc) is 2.31. The summed E-state index contributed by atoms with van der Waals surface area (Å²) in [4.78, 5) is -0.460. The lowest BCUT2D eigenvalue weighted by atomic mass is 10.3. The number of halogens is 4. The fraction of sp³-hybridized carbons (Fsp3) is 0.400. The van der Waals surface area contributed by atoms with Crippen LogP contribution in [0, 0.1) is 5.82 Å². The molecule has 110 valence electrons. The number of rotatable bonds is 4. The zero-order valence-electron chi connectivity index (χ0n) is 10.2. The van der Waals surface area contributed by atoms with Gasteiger partial charge >= 0.3 is 0 Å². The fourth-order valence-corrected chi connectivity index (χ4v) is 3.23. The van der Waals surface area contributed by atoms with Crippen LogP contribution in [0.2, 0.25) is 5.02 Å². The third-order valence-corrected chi connectivity index (χ3v) is 5.78. The van der Waals surface area contributed by atoms with E-state index in [-0.39, 0.29) is 24.0 Å². The van der Waals surface area contributed by atoms with Gasteiger partial charge in [-0.05, 0) is 35.0 Å². The van der Waals surface area contributed by atoms with Crippen LogP contribution in [-0.2, 0) is 10.0 Å². The standard InChI is InChI=1S/C10H13BrClFN2O2S.ClH/c1-6(5-14)15(2)18(16,17)10-4-8(12)7(11)3-9(10)13;/h3-4,6H,5,14H2,1-2H3;1H. The van der Waals surface area contributed by atoms with Crippen LogP contribution in [0.25, 0.3) is 0 Å². The lowest BCUT2D eigenvalue weighted by Gasteiger charge is -2.23. The van der Waals surface area contributed by atoms with Crippen LogP contribution in [0.3, 0.4) is 0 Å². The molecule has 0 aromatic heterocycles. The molecule has 0 aliphatic rings. The van der Waals surface area contributed by atoms with E-state index >= 15 is 0 Å². The zero-order valence-corrected chi connectivity index (χ0v) is 14.2. The van der Waals surface area contributed by atoms with Crippen molar-refractivity contribution in [2.75, 3.05) is 13.6 Å². The van der Waals surface area contributed by atoms with Crippen molar-refractivity contribution in [2.24, 2.45) is 5.73 Å². The second kappa shape index (κ2) is 7.19. The number of nitrogens with two attached hydrogens (primary N) is 1. The van der Waals surface area contributed by atoms with E-state index in [2.05, 4.69) is 15.9 Å². The molecule has 4 nitrogen and oxygen atoms in total. The Balaban J connectivity index is 0.00000324. The van der Waals surface area contributed by atoms with E-state index in [4.69, 9.17) is 17.3 Å².